The fourth-order valence-corrected chi connectivity index (χ4v) is 2.09. The molecule has 0 saturated carbocycles. The van der Waals surface area contributed by atoms with Gasteiger partial charge in [0.2, 0.25) is 5.95 Å². The van der Waals surface area contributed by atoms with Crippen LogP contribution in [0.3, 0.4) is 0 Å². The molecule has 3 rings (SSSR count). The van der Waals surface area contributed by atoms with Gasteiger partial charge in [0.1, 0.15) is 11.6 Å². The van der Waals surface area contributed by atoms with E-state index in [4.69, 9.17) is 4.74 Å². The quantitative estimate of drug-likeness (QED) is 0.713. The lowest BCUT2D eigenvalue weighted by Crippen LogP contribution is -2.10. The lowest BCUT2D eigenvalue weighted by atomic mass is 10.1. The molecule has 2 aromatic heterocycles. The van der Waals surface area contributed by atoms with E-state index in [0.717, 1.165) is 28.7 Å². The molecule has 2 heterocycles. The maximum absolute atomic E-state index is 5.23. The molecule has 0 aliphatic heterocycles. The number of ether oxygens (including phenoxy) is 1. The minimum Gasteiger partial charge on any atom is -0.497 e. The van der Waals surface area contributed by atoms with Gasteiger partial charge in [-0.3, -0.25) is 5.10 Å². The summed E-state index contributed by atoms with van der Waals surface area (Å²) >= 11 is 0. The first-order chi connectivity index (χ1) is 11.2. The van der Waals surface area contributed by atoms with E-state index in [9.17, 15) is 0 Å². The van der Waals surface area contributed by atoms with E-state index in [2.05, 4.69) is 35.7 Å². The second kappa shape index (κ2) is 6.82. The highest BCUT2D eigenvalue weighted by atomic mass is 16.5. The summed E-state index contributed by atoms with van der Waals surface area (Å²) in [5.41, 5.74) is 1.65. The first-order valence-electron chi connectivity index (χ1n) is 7.20. The molecule has 0 fully saturated rings. The van der Waals surface area contributed by atoms with E-state index in [-0.39, 0.29) is 0 Å². The first-order valence-corrected chi connectivity index (χ1v) is 7.20. The molecule has 0 aliphatic rings. The molecular weight excluding hydrogens is 294 g/mol. The smallest absolute Gasteiger partial charge is 0.243 e. The average molecular weight is 311 g/mol. The molecule has 0 bridgehead atoms. The number of aromatic amines is 1. The Morgan fingerprint density at radius 3 is 2.96 bits per heavy atom. The minimum atomic E-state index is 0.470. The van der Waals surface area contributed by atoms with Crippen LogP contribution in [0.5, 0.6) is 5.75 Å². The zero-order valence-corrected chi connectivity index (χ0v) is 12.9. The Morgan fingerprint density at radius 1 is 1.26 bits per heavy atom. The summed E-state index contributed by atoms with van der Waals surface area (Å²) in [7, 11) is 1.63. The SMILES string of the molecule is COc1cccc(-c2cnnc(NCCc3n[nH]c(C)n3)n2)c1. The summed E-state index contributed by atoms with van der Waals surface area (Å²) < 4.78 is 5.23. The van der Waals surface area contributed by atoms with Crippen molar-refractivity contribution in [2.75, 3.05) is 19.0 Å². The summed E-state index contributed by atoms with van der Waals surface area (Å²) in [5, 5.41) is 18.0. The molecule has 8 heteroatoms. The van der Waals surface area contributed by atoms with E-state index in [1.165, 1.54) is 0 Å². The number of anilines is 1. The Labute approximate surface area is 133 Å². The zero-order chi connectivity index (χ0) is 16.1. The van der Waals surface area contributed by atoms with Crippen molar-refractivity contribution in [2.45, 2.75) is 13.3 Å². The molecule has 0 spiro atoms. The van der Waals surface area contributed by atoms with Crippen LogP contribution >= 0.6 is 0 Å². The maximum atomic E-state index is 5.23. The summed E-state index contributed by atoms with van der Waals surface area (Å²) in [5.74, 6) is 2.80. The lowest BCUT2D eigenvalue weighted by Gasteiger charge is -2.06. The Bertz CT molecular complexity index is 787. The van der Waals surface area contributed by atoms with Gasteiger partial charge >= 0.3 is 0 Å². The van der Waals surface area contributed by atoms with Crippen molar-refractivity contribution in [3.05, 3.63) is 42.1 Å². The first kappa shape index (κ1) is 14.9. The predicted octanol–water partition coefficient (Wildman–Crippen LogP) is 1.63. The zero-order valence-electron chi connectivity index (χ0n) is 12.9. The number of nitrogens with zero attached hydrogens (tertiary/aromatic N) is 5. The van der Waals surface area contributed by atoms with Crippen molar-refractivity contribution in [1.82, 2.24) is 30.4 Å². The molecule has 0 radical (unpaired) electrons. The Hall–Kier alpha value is -3.03. The number of H-pyrrole nitrogens is 1. The standard InChI is InChI=1S/C15H17N7O/c1-10-18-14(21-20-10)6-7-16-15-19-13(9-17-22-15)11-4-3-5-12(8-11)23-2/h3-5,8-9H,6-7H2,1-2H3,(H,16,19,22)(H,18,20,21). The average Bonchev–Trinajstić information content (AvgIpc) is 3.00. The van der Waals surface area contributed by atoms with Gasteiger partial charge in [-0.25, -0.2) is 9.97 Å². The fraction of sp³-hybridized carbons (Fsp3) is 0.267. The highest BCUT2D eigenvalue weighted by molar-refractivity contribution is 5.61. The van der Waals surface area contributed by atoms with Gasteiger partial charge in [0, 0.05) is 18.5 Å². The number of methoxy groups -OCH3 is 1. The van der Waals surface area contributed by atoms with E-state index >= 15 is 0 Å². The number of aryl methyl sites for hydroxylation is 1. The van der Waals surface area contributed by atoms with Crippen LogP contribution in [-0.4, -0.2) is 44.0 Å². The Morgan fingerprint density at radius 2 is 2.17 bits per heavy atom. The van der Waals surface area contributed by atoms with Crippen LogP contribution in [0.15, 0.2) is 30.5 Å². The van der Waals surface area contributed by atoms with Gasteiger partial charge in [-0.1, -0.05) is 12.1 Å². The van der Waals surface area contributed by atoms with Gasteiger partial charge in [-0.15, -0.1) is 5.10 Å². The van der Waals surface area contributed by atoms with Crippen LogP contribution in [0, 0.1) is 6.92 Å². The third-order valence-electron chi connectivity index (χ3n) is 3.20. The van der Waals surface area contributed by atoms with Gasteiger partial charge in [0.05, 0.1) is 19.0 Å². The van der Waals surface area contributed by atoms with Gasteiger partial charge < -0.3 is 10.1 Å². The highest BCUT2D eigenvalue weighted by Crippen LogP contribution is 2.21. The monoisotopic (exact) mass is 311 g/mol. The van der Waals surface area contributed by atoms with Crippen LogP contribution in [0.1, 0.15) is 11.6 Å². The molecule has 118 valence electrons. The van der Waals surface area contributed by atoms with E-state index in [1.54, 1.807) is 13.3 Å². The van der Waals surface area contributed by atoms with E-state index in [1.807, 2.05) is 31.2 Å². The van der Waals surface area contributed by atoms with Crippen LogP contribution in [0.4, 0.5) is 5.95 Å². The molecule has 0 atom stereocenters. The second-order valence-electron chi connectivity index (χ2n) is 4.91. The number of aromatic nitrogens is 6. The van der Waals surface area contributed by atoms with Gasteiger partial charge in [-0.2, -0.15) is 10.2 Å². The summed E-state index contributed by atoms with van der Waals surface area (Å²) in [6, 6.07) is 7.65. The topological polar surface area (TPSA) is 102 Å². The van der Waals surface area contributed by atoms with Gasteiger partial charge in [0.15, 0.2) is 5.82 Å². The van der Waals surface area contributed by atoms with E-state index in [0.29, 0.717) is 18.9 Å². The summed E-state index contributed by atoms with van der Waals surface area (Å²) in [6.45, 7) is 2.50. The van der Waals surface area contributed by atoms with Crippen LogP contribution in [0.2, 0.25) is 0 Å². The number of nitrogens with one attached hydrogen (secondary N) is 2. The molecule has 0 unspecified atom stereocenters. The Balaban J connectivity index is 1.67. The highest BCUT2D eigenvalue weighted by Gasteiger charge is 2.05. The third-order valence-corrected chi connectivity index (χ3v) is 3.20. The molecule has 0 saturated heterocycles. The van der Waals surface area contributed by atoms with Crippen LogP contribution in [-0.2, 0) is 6.42 Å². The normalized spacial score (nSPS) is 10.5. The van der Waals surface area contributed by atoms with E-state index < -0.39 is 0 Å². The van der Waals surface area contributed by atoms with Crippen molar-refractivity contribution < 1.29 is 4.74 Å². The maximum Gasteiger partial charge on any atom is 0.243 e. The van der Waals surface area contributed by atoms with Crippen molar-refractivity contribution in [2.24, 2.45) is 0 Å². The second-order valence-corrected chi connectivity index (χ2v) is 4.91. The fourth-order valence-electron chi connectivity index (χ4n) is 2.09. The van der Waals surface area contributed by atoms with Crippen molar-refractivity contribution >= 4 is 5.95 Å². The molecule has 2 N–H and O–H groups in total. The summed E-state index contributed by atoms with van der Waals surface area (Å²) in [6.07, 6.45) is 2.30. The number of hydrogen-bond acceptors (Lipinski definition) is 7. The molecule has 8 nitrogen and oxygen atoms in total. The summed E-state index contributed by atoms with van der Waals surface area (Å²) in [4.78, 5) is 8.71. The third kappa shape index (κ3) is 3.79. The van der Waals surface area contributed by atoms with Crippen molar-refractivity contribution in [3.8, 4) is 17.0 Å². The largest absolute Gasteiger partial charge is 0.497 e. The van der Waals surface area contributed by atoms with Crippen molar-refractivity contribution in [1.29, 1.82) is 0 Å². The predicted molar refractivity (Wildman–Crippen MR) is 85.1 cm³/mol. The molecular formula is C15H17N7O. The minimum absolute atomic E-state index is 0.470. The Kier molecular flexibility index (Phi) is 4.41. The van der Waals surface area contributed by atoms with Crippen molar-refractivity contribution in [3.63, 3.8) is 0 Å². The number of hydrogen-bond donors (Lipinski definition) is 2. The molecule has 0 amide bonds. The number of rotatable bonds is 6. The molecule has 0 aliphatic carbocycles. The van der Waals surface area contributed by atoms with Gasteiger partial charge in [0.25, 0.3) is 0 Å². The molecule has 23 heavy (non-hydrogen) atoms. The van der Waals surface area contributed by atoms with Crippen LogP contribution in [0.25, 0.3) is 11.3 Å². The van der Waals surface area contributed by atoms with Crippen LogP contribution < -0.4 is 10.1 Å². The van der Waals surface area contributed by atoms with Gasteiger partial charge in [-0.05, 0) is 19.1 Å². The number of benzene rings is 1. The molecule has 3 aromatic rings. The lowest BCUT2D eigenvalue weighted by molar-refractivity contribution is 0.415. The molecule has 1 aromatic carbocycles.